The molecule has 4 nitrogen and oxygen atoms in total. The number of rotatable bonds is 4. The molecule has 0 aliphatic carbocycles. The summed E-state index contributed by atoms with van der Waals surface area (Å²) >= 11 is 0. The van der Waals surface area contributed by atoms with Crippen molar-refractivity contribution in [3.63, 3.8) is 0 Å². The van der Waals surface area contributed by atoms with Gasteiger partial charge in [-0.15, -0.1) is 0 Å². The van der Waals surface area contributed by atoms with Gasteiger partial charge in [-0.05, 0) is 6.42 Å². The summed E-state index contributed by atoms with van der Waals surface area (Å²) in [5, 5.41) is 0. The first-order chi connectivity index (χ1) is 5.70. The lowest BCUT2D eigenvalue weighted by molar-refractivity contribution is -0.142. The molecule has 0 radical (unpaired) electrons. The number of methoxy groups -OCH3 is 2. The van der Waals surface area contributed by atoms with Crippen LogP contribution in [0.25, 0.3) is 0 Å². The molecule has 2 atom stereocenters. The Kier molecular flexibility index (Phi) is 2.69. The normalized spacial score (nSPS) is 33.1. The van der Waals surface area contributed by atoms with Crippen molar-refractivity contribution in [2.75, 3.05) is 20.8 Å². The minimum Gasteiger partial charge on any atom is -0.467 e. The van der Waals surface area contributed by atoms with Gasteiger partial charge in [0, 0.05) is 7.11 Å². The fraction of sp³-hybridized carbons (Fsp3) is 0.875. The third-order valence-electron chi connectivity index (χ3n) is 2.18. The van der Waals surface area contributed by atoms with Gasteiger partial charge in [0.15, 0.2) is 6.10 Å². The number of esters is 1. The summed E-state index contributed by atoms with van der Waals surface area (Å²) in [6, 6.07) is 0. The Morgan fingerprint density at radius 3 is 2.67 bits per heavy atom. The summed E-state index contributed by atoms with van der Waals surface area (Å²) in [6.45, 7) is 2.41. The molecular weight excluding hydrogens is 160 g/mol. The number of hydrogen-bond acceptors (Lipinski definition) is 4. The first-order valence-corrected chi connectivity index (χ1v) is 3.94. The zero-order valence-electron chi connectivity index (χ0n) is 7.62. The summed E-state index contributed by atoms with van der Waals surface area (Å²) in [6.07, 6.45) is 0.341. The van der Waals surface area contributed by atoms with Crippen molar-refractivity contribution >= 4 is 5.97 Å². The highest BCUT2D eigenvalue weighted by Gasteiger charge is 2.60. The highest BCUT2D eigenvalue weighted by molar-refractivity contribution is 5.79. The van der Waals surface area contributed by atoms with Crippen LogP contribution in [0.2, 0.25) is 0 Å². The minimum atomic E-state index is -0.424. The summed E-state index contributed by atoms with van der Waals surface area (Å²) in [5.41, 5.74) is -0.415. The molecule has 1 rings (SSSR count). The molecule has 0 N–H and O–H groups in total. The molecular formula is C8H14O4. The standard InChI is InChI=1S/C8H14O4/c1-4-8(5-10-2)6(12-8)7(9)11-3/h6H,4-5H2,1-3H3. The van der Waals surface area contributed by atoms with Crippen LogP contribution in [-0.2, 0) is 19.0 Å². The third-order valence-corrected chi connectivity index (χ3v) is 2.18. The largest absolute Gasteiger partial charge is 0.467 e. The van der Waals surface area contributed by atoms with Crippen molar-refractivity contribution in [1.29, 1.82) is 0 Å². The summed E-state index contributed by atoms with van der Waals surface area (Å²) in [4.78, 5) is 11.0. The zero-order chi connectivity index (χ0) is 9.19. The lowest BCUT2D eigenvalue weighted by Gasteiger charge is -2.06. The molecule has 2 unspecified atom stereocenters. The van der Waals surface area contributed by atoms with Crippen LogP contribution in [0.3, 0.4) is 0 Å². The van der Waals surface area contributed by atoms with E-state index in [1.54, 1.807) is 7.11 Å². The van der Waals surface area contributed by atoms with E-state index in [9.17, 15) is 4.79 Å². The van der Waals surface area contributed by atoms with Crippen molar-refractivity contribution in [3.8, 4) is 0 Å². The second kappa shape index (κ2) is 3.41. The SMILES string of the molecule is CCC1(COC)OC1C(=O)OC. The van der Waals surface area contributed by atoms with E-state index in [1.165, 1.54) is 7.11 Å². The third kappa shape index (κ3) is 1.44. The Labute approximate surface area is 71.8 Å². The van der Waals surface area contributed by atoms with Crippen LogP contribution < -0.4 is 0 Å². The highest BCUT2D eigenvalue weighted by Crippen LogP contribution is 2.40. The maximum absolute atomic E-state index is 11.0. The number of epoxide rings is 1. The van der Waals surface area contributed by atoms with Gasteiger partial charge in [-0.2, -0.15) is 0 Å². The van der Waals surface area contributed by atoms with Gasteiger partial charge >= 0.3 is 5.97 Å². The molecule has 12 heavy (non-hydrogen) atoms. The molecule has 1 aliphatic rings. The molecule has 4 heteroatoms. The van der Waals surface area contributed by atoms with E-state index in [2.05, 4.69) is 4.74 Å². The molecule has 70 valence electrons. The van der Waals surface area contributed by atoms with Crippen LogP contribution in [0.4, 0.5) is 0 Å². The summed E-state index contributed by atoms with van der Waals surface area (Å²) < 4.78 is 14.8. The number of carbonyl (C=O) groups is 1. The van der Waals surface area contributed by atoms with Crippen LogP contribution in [0, 0.1) is 0 Å². The van der Waals surface area contributed by atoms with Crippen molar-refractivity contribution in [2.45, 2.75) is 25.0 Å². The van der Waals surface area contributed by atoms with E-state index < -0.39 is 11.7 Å². The van der Waals surface area contributed by atoms with Crippen LogP contribution in [-0.4, -0.2) is 38.5 Å². The van der Waals surface area contributed by atoms with Crippen molar-refractivity contribution < 1.29 is 19.0 Å². The van der Waals surface area contributed by atoms with Gasteiger partial charge in [-0.3, -0.25) is 0 Å². The van der Waals surface area contributed by atoms with Gasteiger partial charge in [0.05, 0.1) is 13.7 Å². The summed E-state index contributed by atoms with van der Waals surface area (Å²) in [5.74, 6) is -0.311. The maximum Gasteiger partial charge on any atom is 0.338 e. The van der Waals surface area contributed by atoms with Gasteiger partial charge < -0.3 is 14.2 Å². The monoisotopic (exact) mass is 174 g/mol. The molecule has 0 spiro atoms. The van der Waals surface area contributed by atoms with E-state index in [0.29, 0.717) is 6.61 Å². The van der Waals surface area contributed by atoms with Crippen molar-refractivity contribution in [2.24, 2.45) is 0 Å². The molecule has 1 saturated heterocycles. The highest BCUT2D eigenvalue weighted by atomic mass is 16.7. The Balaban J connectivity index is 2.48. The van der Waals surface area contributed by atoms with Crippen LogP contribution in [0.5, 0.6) is 0 Å². The van der Waals surface area contributed by atoms with Crippen LogP contribution in [0.15, 0.2) is 0 Å². The molecule has 1 fully saturated rings. The molecule has 1 heterocycles. The zero-order valence-corrected chi connectivity index (χ0v) is 7.62. The van der Waals surface area contributed by atoms with E-state index >= 15 is 0 Å². The predicted octanol–water partition coefficient (Wildman–Crippen LogP) is 0.353. The molecule has 0 aromatic rings. The van der Waals surface area contributed by atoms with Gasteiger partial charge in [0.2, 0.25) is 0 Å². The van der Waals surface area contributed by atoms with E-state index in [-0.39, 0.29) is 5.97 Å². The Morgan fingerprint density at radius 1 is 1.58 bits per heavy atom. The second-order valence-electron chi connectivity index (χ2n) is 2.87. The Morgan fingerprint density at radius 2 is 2.25 bits per heavy atom. The number of ether oxygens (including phenoxy) is 3. The molecule has 0 saturated carbocycles. The number of carbonyl (C=O) groups excluding carboxylic acids is 1. The molecule has 0 aromatic heterocycles. The van der Waals surface area contributed by atoms with E-state index in [0.717, 1.165) is 6.42 Å². The average molecular weight is 174 g/mol. The van der Waals surface area contributed by atoms with Crippen LogP contribution in [0.1, 0.15) is 13.3 Å². The second-order valence-corrected chi connectivity index (χ2v) is 2.87. The van der Waals surface area contributed by atoms with Gasteiger partial charge in [0.1, 0.15) is 5.60 Å². The first-order valence-electron chi connectivity index (χ1n) is 3.94. The van der Waals surface area contributed by atoms with Gasteiger partial charge in [-0.1, -0.05) is 6.92 Å². The lowest BCUT2D eigenvalue weighted by Crippen LogP contribution is -2.25. The quantitative estimate of drug-likeness (QED) is 0.456. The summed E-state index contributed by atoms with van der Waals surface area (Å²) in [7, 11) is 2.95. The predicted molar refractivity (Wildman–Crippen MR) is 41.8 cm³/mol. The van der Waals surface area contributed by atoms with Gasteiger partial charge in [-0.25, -0.2) is 4.79 Å². The minimum absolute atomic E-state index is 0.311. The Bertz CT molecular complexity index is 180. The Hall–Kier alpha value is -0.610. The smallest absolute Gasteiger partial charge is 0.338 e. The van der Waals surface area contributed by atoms with Gasteiger partial charge in [0.25, 0.3) is 0 Å². The average Bonchev–Trinajstić information content (AvgIpc) is 2.80. The topological polar surface area (TPSA) is 48.1 Å². The fourth-order valence-corrected chi connectivity index (χ4v) is 1.30. The maximum atomic E-state index is 11.0. The van der Waals surface area contributed by atoms with Crippen molar-refractivity contribution in [3.05, 3.63) is 0 Å². The van der Waals surface area contributed by atoms with E-state index in [4.69, 9.17) is 9.47 Å². The molecule has 1 aliphatic heterocycles. The first kappa shape index (κ1) is 9.48. The van der Waals surface area contributed by atoms with E-state index in [1.807, 2.05) is 6.92 Å². The van der Waals surface area contributed by atoms with Crippen LogP contribution >= 0.6 is 0 Å². The van der Waals surface area contributed by atoms with Crippen molar-refractivity contribution in [1.82, 2.24) is 0 Å². The molecule has 0 aromatic carbocycles. The fourth-order valence-electron chi connectivity index (χ4n) is 1.30. The molecule has 0 amide bonds. The molecule has 0 bridgehead atoms. The number of hydrogen-bond donors (Lipinski definition) is 0. The lowest BCUT2D eigenvalue weighted by atomic mass is 10.0.